The lowest BCUT2D eigenvalue weighted by atomic mass is 9.80. The van der Waals surface area contributed by atoms with Gasteiger partial charge in [0.1, 0.15) is 9.09 Å². The maximum atomic E-state index is 12.2. The fraction of sp³-hybridized carbons (Fsp3) is 0.583. The molecule has 0 amide bonds. The van der Waals surface area contributed by atoms with Gasteiger partial charge in [0.05, 0.1) is 5.60 Å². The van der Waals surface area contributed by atoms with Gasteiger partial charge in [-0.25, -0.2) is 17.9 Å². The third kappa shape index (κ3) is 2.88. The quantitative estimate of drug-likeness (QED) is 0.831. The molecule has 2 rings (SSSR count). The van der Waals surface area contributed by atoms with E-state index in [2.05, 4.69) is 4.72 Å². The van der Waals surface area contributed by atoms with Crippen LogP contribution < -0.4 is 4.72 Å². The van der Waals surface area contributed by atoms with Gasteiger partial charge < -0.3 is 9.84 Å². The largest absolute Gasteiger partial charge is 0.477 e. The van der Waals surface area contributed by atoms with E-state index in [1.807, 2.05) is 0 Å². The second-order valence-corrected chi connectivity index (χ2v) is 7.99. The Bertz CT molecular complexity index is 610. The van der Waals surface area contributed by atoms with E-state index < -0.39 is 21.6 Å². The molecule has 1 aromatic heterocycles. The van der Waals surface area contributed by atoms with E-state index >= 15 is 0 Å². The minimum Gasteiger partial charge on any atom is -0.477 e. The van der Waals surface area contributed by atoms with Gasteiger partial charge in [-0.15, -0.1) is 11.3 Å². The van der Waals surface area contributed by atoms with Crippen LogP contribution in [0.3, 0.4) is 0 Å². The first-order valence-corrected chi connectivity index (χ1v) is 8.48. The Morgan fingerprint density at radius 1 is 1.55 bits per heavy atom. The standard InChI is InChI=1S/C12H17NO5S2/c1-8-6-9(19-10(8)11(14)15)20(16,17)13-7-12(18-2)4-3-5-12/h6,13H,3-5,7H2,1-2H3,(H,14,15). The molecule has 20 heavy (non-hydrogen) atoms. The zero-order valence-electron chi connectivity index (χ0n) is 11.3. The molecule has 0 saturated heterocycles. The summed E-state index contributed by atoms with van der Waals surface area (Å²) in [4.78, 5) is 11.0. The van der Waals surface area contributed by atoms with E-state index in [4.69, 9.17) is 9.84 Å². The molecule has 0 atom stereocenters. The molecule has 2 N–H and O–H groups in total. The summed E-state index contributed by atoms with van der Waals surface area (Å²) in [5.74, 6) is -1.11. The first-order chi connectivity index (χ1) is 9.30. The van der Waals surface area contributed by atoms with Crippen molar-refractivity contribution in [2.75, 3.05) is 13.7 Å². The molecule has 1 aliphatic rings. The molecule has 1 fully saturated rings. The van der Waals surface area contributed by atoms with Crippen LogP contribution in [0.5, 0.6) is 0 Å². The van der Waals surface area contributed by atoms with Crippen LogP contribution in [0.1, 0.15) is 34.5 Å². The maximum absolute atomic E-state index is 12.2. The number of sulfonamides is 1. The van der Waals surface area contributed by atoms with Gasteiger partial charge in [-0.3, -0.25) is 0 Å². The summed E-state index contributed by atoms with van der Waals surface area (Å²) < 4.78 is 32.2. The van der Waals surface area contributed by atoms with Crippen LogP contribution in [-0.2, 0) is 14.8 Å². The zero-order chi connectivity index (χ0) is 15.0. The highest BCUT2D eigenvalue weighted by atomic mass is 32.2. The van der Waals surface area contributed by atoms with Crippen molar-refractivity contribution in [3.63, 3.8) is 0 Å². The van der Waals surface area contributed by atoms with Crippen molar-refractivity contribution in [3.05, 3.63) is 16.5 Å². The highest BCUT2D eigenvalue weighted by Crippen LogP contribution is 2.35. The number of aromatic carboxylic acids is 1. The molecule has 0 aromatic carbocycles. The van der Waals surface area contributed by atoms with E-state index in [0.29, 0.717) is 5.56 Å². The average Bonchev–Trinajstić information content (AvgIpc) is 2.71. The van der Waals surface area contributed by atoms with Crippen LogP contribution in [0.2, 0.25) is 0 Å². The first-order valence-electron chi connectivity index (χ1n) is 6.18. The fourth-order valence-electron chi connectivity index (χ4n) is 2.12. The van der Waals surface area contributed by atoms with Crippen molar-refractivity contribution >= 4 is 27.3 Å². The number of ether oxygens (including phenoxy) is 1. The van der Waals surface area contributed by atoms with Crippen molar-refractivity contribution in [2.24, 2.45) is 0 Å². The van der Waals surface area contributed by atoms with Crippen molar-refractivity contribution in [2.45, 2.75) is 36.0 Å². The van der Waals surface area contributed by atoms with Gasteiger partial charge >= 0.3 is 5.97 Å². The number of carboxylic acid groups (broad SMARTS) is 1. The monoisotopic (exact) mass is 319 g/mol. The zero-order valence-corrected chi connectivity index (χ0v) is 12.9. The Balaban J connectivity index is 2.14. The molecule has 0 radical (unpaired) electrons. The second-order valence-electron chi connectivity index (χ2n) is 4.95. The number of thiophene rings is 1. The van der Waals surface area contributed by atoms with E-state index in [0.717, 1.165) is 30.6 Å². The lowest BCUT2D eigenvalue weighted by Gasteiger charge is -2.40. The van der Waals surface area contributed by atoms with E-state index in [1.54, 1.807) is 14.0 Å². The van der Waals surface area contributed by atoms with E-state index in [1.165, 1.54) is 6.07 Å². The van der Waals surface area contributed by atoms with E-state index in [9.17, 15) is 13.2 Å². The topological polar surface area (TPSA) is 92.7 Å². The maximum Gasteiger partial charge on any atom is 0.346 e. The Kier molecular flexibility index (Phi) is 4.19. The number of methoxy groups -OCH3 is 1. The molecule has 0 aliphatic heterocycles. The predicted molar refractivity (Wildman–Crippen MR) is 74.8 cm³/mol. The van der Waals surface area contributed by atoms with Crippen LogP contribution in [0.4, 0.5) is 0 Å². The van der Waals surface area contributed by atoms with Gasteiger partial charge in [-0.1, -0.05) is 0 Å². The Hall–Kier alpha value is -0.960. The summed E-state index contributed by atoms with van der Waals surface area (Å²) in [5.41, 5.74) is 0.0441. The van der Waals surface area contributed by atoms with Gasteiger partial charge in [0.25, 0.3) is 0 Å². The summed E-state index contributed by atoms with van der Waals surface area (Å²) in [5, 5.41) is 8.96. The Labute approximate surface area is 121 Å². The van der Waals surface area contributed by atoms with E-state index in [-0.39, 0.29) is 15.6 Å². The molecule has 0 spiro atoms. The van der Waals surface area contributed by atoms with Gasteiger partial charge in [-0.2, -0.15) is 0 Å². The van der Waals surface area contributed by atoms with Crippen LogP contribution in [0.25, 0.3) is 0 Å². The molecule has 0 unspecified atom stereocenters. The second kappa shape index (κ2) is 5.44. The molecule has 1 heterocycles. The summed E-state index contributed by atoms with van der Waals surface area (Å²) in [7, 11) is -2.12. The normalized spacial score (nSPS) is 17.7. The lowest BCUT2D eigenvalue weighted by Crippen LogP contribution is -2.49. The van der Waals surface area contributed by atoms with Crippen molar-refractivity contribution in [1.29, 1.82) is 0 Å². The van der Waals surface area contributed by atoms with Crippen LogP contribution in [0, 0.1) is 6.92 Å². The minimum absolute atomic E-state index is 0.0259. The SMILES string of the molecule is COC1(CNS(=O)(=O)c2cc(C)c(C(=O)O)s2)CCC1. The smallest absolute Gasteiger partial charge is 0.346 e. The predicted octanol–water partition coefficient (Wildman–Crippen LogP) is 1.60. The molecule has 112 valence electrons. The number of hydrogen-bond acceptors (Lipinski definition) is 5. The number of rotatable bonds is 6. The third-order valence-corrected chi connectivity index (χ3v) is 6.74. The van der Waals surface area contributed by atoms with Gasteiger partial charge in [0.2, 0.25) is 10.0 Å². The lowest BCUT2D eigenvalue weighted by molar-refractivity contribution is -0.0659. The van der Waals surface area contributed by atoms with Crippen LogP contribution in [-0.4, -0.2) is 38.7 Å². The summed E-state index contributed by atoms with van der Waals surface area (Å²) in [6, 6.07) is 1.39. The molecule has 1 saturated carbocycles. The number of nitrogens with one attached hydrogen (secondary N) is 1. The number of aryl methyl sites for hydroxylation is 1. The summed E-state index contributed by atoms with van der Waals surface area (Å²) in [6.07, 6.45) is 2.68. The van der Waals surface area contributed by atoms with Gasteiger partial charge in [-0.05, 0) is 37.8 Å². The number of carboxylic acids is 1. The highest BCUT2D eigenvalue weighted by Gasteiger charge is 2.38. The molecule has 6 nitrogen and oxygen atoms in total. The molecular formula is C12H17NO5S2. The van der Waals surface area contributed by atoms with Gasteiger partial charge in [0.15, 0.2) is 0 Å². The Morgan fingerprint density at radius 3 is 2.60 bits per heavy atom. The van der Waals surface area contributed by atoms with Gasteiger partial charge in [0, 0.05) is 13.7 Å². The number of carbonyl (C=O) groups is 1. The molecule has 0 bridgehead atoms. The highest BCUT2D eigenvalue weighted by molar-refractivity contribution is 7.91. The van der Waals surface area contributed by atoms with Crippen LogP contribution in [0.15, 0.2) is 10.3 Å². The summed E-state index contributed by atoms with van der Waals surface area (Å²) >= 11 is 0.768. The molecule has 8 heteroatoms. The minimum atomic E-state index is -3.69. The Morgan fingerprint density at radius 2 is 2.20 bits per heavy atom. The van der Waals surface area contributed by atoms with Crippen molar-refractivity contribution in [3.8, 4) is 0 Å². The third-order valence-electron chi connectivity index (χ3n) is 3.64. The average molecular weight is 319 g/mol. The van der Waals surface area contributed by atoms with Crippen molar-refractivity contribution < 1.29 is 23.1 Å². The molecule has 1 aliphatic carbocycles. The first kappa shape index (κ1) is 15.4. The summed E-state index contributed by atoms with van der Waals surface area (Å²) in [6.45, 7) is 1.80. The molecular weight excluding hydrogens is 302 g/mol. The molecule has 1 aromatic rings. The van der Waals surface area contributed by atoms with Crippen LogP contribution >= 0.6 is 11.3 Å². The fourth-order valence-corrected chi connectivity index (χ4v) is 4.66. The van der Waals surface area contributed by atoms with Crippen molar-refractivity contribution in [1.82, 2.24) is 4.72 Å². The number of hydrogen-bond donors (Lipinski definition) is 2.